The second kappa shape index (κ2) is 9.14. The Kier molecular flexibility index (Phi) is 6.16. The van der Waals surface area contributed by atoms with Gasteiger partial charge in [-0.2, -0.15) is 0 Å². The molecule has 0 spiro atoms. The molecule has 0 saturated heterocycles. The maximum absolute atomic E-state index is 12.3. The number of hydrogen-bond acceptors (Lipinski definition) is 5. The molecule has 0 radical (unpaired) electrons. The van der Waals surface area contributed by atoms with Gasteiger partial charge < -0.3 is 21.7 Å². The number of nitrogens with one attached hydrogen (secondary N) is 3. The maximum Gasteiger partial charge on any atom is 0.255 e. The van der Waals surface area contributed by atoms with Crippen molar-refractivity contribution in [3.63, 3.8) is 0 Å². The molecule has 0 fully saturated rings. The zero-order valence-corrected chi connectivity index (χ0v) is 15.4. The van der Waals surface area contributed by atoms with Crippen molar-refractivity contribution in [3.8, 4) is 0 Å². The summed E-state index contributed by atoms with van der Waals surface area (Å²) in [7, 11) is 0. The fraction of sp³-hybridized carbons (Fsp3) is 0.0476. The largest absolute Gasteiger partial charge is 0.397 e. The van der Waals surface area contributed by atoms with E-state index in [0.717, 1.165) is 0 Å². The van der Waals surface area contributed by atoms with Crippen LogP contribution in [-0.4, -0.2) is 29.3 Å². The Bertz CT molecular complexity index is 1020. The quantitative estimate of drug-likeness (QED) is 0.481. The Morgan fingerprint density at radius 3 is 2.28 bits per heavy atom. The van der Waals surface area contributed by atoms with Gasteiger partial charge in [-0.3, -0.25) is 19.4 Å². The molecule has 0 aliphatic heterocycles. The standard InChI is InChI=1S/C21H19N5O3/c22-17-5-1-2-6-18(17)26-21(29)14-7-9-16(10-8-14)25-19(27)13-24-20(28)15-4-3-11-23-12-15/h1-12H,13,22H2,(H,24,28)(H,25,27)(H,26,29). The predicted molar refractivity (Wildman–Crippen MR) is 110 cm³/mol. The molecule has 0 atom stereocenters. The SMILES string of the molecule is Nc1ccccc1NC(=O)c1ccc(NC(=O)CNC(=O)c2cccnc2)cc1. The average molecular weight is 389 g/mol. The van der Waals surface area contributed by atoms with Crippen molar-refractivity contribution in [1.29, 1.82) is 0 Å². The highest BCUT2D eigenvalue weighted by atomic mass is 16.2. The third kappa shape index (κ3) is 5.39. The van der Waals surface area contributed by atoms with Gasteiger partial charge in [0.1, 0.15) is 0 Å². The van der Waals surface area contributed by atoms with Crippen molar-refractivity contribution in [1.82, 2.24) is 10.3 Å². The number of amides is 3. The molecule has 2 aromatic carbocycles. The number of benzene rings is 2. The van der Waals surface area contributed by atoms with Gasteiger partial charge in [0.15, 0.2) is 0 Å². The number of anilines is 3. The lowest BCUT2D eigenvalue weighted by Crippen LogP contribution is -2.32. The summed E-state index contributed by atoms with van der Waals surface area (Å²) in [6.07, 6.45) is 2.97. The van der Waals surface area contributed by atoms with E-state index >= 15 is 0 Å². The van der Waals surface area contributed by atoms with Gasteiger partial charge in [-0.15, -0.1) is 0 Å². The molecule has 29 heavy (non-hydrogen) atoms. The van der Waals surface area contributed by atoms with Gasteiger partial charge in [0.2, 0.25) is 5.91 Å². The molecule has 1 heterocycles. The van der Waals surface area contributed by atoms with Crippen LogP contribution in [0.3, 0.4) is 0 Å². The zero-order chi connectivity index (χ0) is 20.6. The van der Waals surface area contributed by atoms with Gasteiger partial charge in [-0.05, 0) is 48.5 Å². The lowest BCUT2D eigenvalue weighted by molar-refractivity contribution is -0.115. The Hall–Kier alpha value is -4.20. The first-order valence-electron chi connectivity index (χ1n) is 8.77. The molecule has 3 aromatic rings. The van der Waals surface area contributed by atoms with Gasteiger partial charge >= 0.3 is 0 Å². The number of nitrogens with zero attached hydrogens (tertiary/aromatic N) is 1. The van der Waals surface area contributed by atoms with E-state index in [1.807, 2.05) is 0 Å². The van der Waals surface area contributed by atoms with Gasteiger partial charge in [-0.25, -0.2) is 0 Å². The number of nitrogens with two attached hydrogens (primary N) is 1. The van der Waals surface area contributed by atoms with Crippen LogP contribution < -0.4 is 21.7 Å². The molecule has 0 bridgehead atoms. The first-order chi connectivity index (χ1) is 14.0. The number of carbonyl (C=O) groups excluding carboxylic acids is 3. The second-order valence-corrected chi connectivity index (χ2v) is 6.09. The highest BCUT2D eigenvalue weighted by Crippen LogP contribution is 2.18. The number of rotatable bonds is 6. The Labute approximate surface area is 167 Å². The van der Waals surface area contributed by atoms with E-state index in [9.17, 15) is 14.4 Å². The smallest absolute Gasteiger partial charge is 0.255 e. The van der Waals surface area contributed by atoms with Crippen LogP contribution in [0.15, 0.2) is 73.1 Å². The summed E-state index contributed by atoms with van der Waals surface area (Å²) >= 11 is 0. The molecular formula is C21H19N5O3. The van der Waals surface area contributed by atoms with E-state index in [4.69, 9.17) is 5.73 Å². The van der Waals surface area contributed by atoms with Gasteiger partial charge in [0.05, 0.1) is 23.5 Å². The molecule has 8 nitrogen and oxygen atoms in total. The Morgan fingerprint density at radius 1 is 0.828 bits per heavy atom. The minimum Gasteiger partial charge on any atom is -0.397 e. The molecular weight excluding hydrogens is 370 g/mol. The van der Waals surface area contributed by atoms with E-state index in [-0.39, 0.29) is 18.4 Å². The van der Waals surface area contributed by atoms with Crippen LogP contribution in [0.25, 0.3) is 0 Å². The summed E-state index contributed by atoms with van der Waals surface area (Å²) in [5.41, 5.74) is 8.10. The zero-order valence-electron chi connectivity index (χ0n) is 15.4. The predicted octanol–water partition coefficient (Wildman–Crippen LogP) is 2.28. The van der Waals surface area contributed by atoms with Gasteiger partial charge in [0, 0.05) is 23.6 Å². The highest BCUT2D eigenvalue weighted by Gasteiger charge is 2.10. The number of hydrogen-bond donors (Lipinski definition) is 4. The van der Waals surface area contributed by atoms with Crippen molar-refractivity contribution >= 4 is 34.8 Å². The lowest BCUT2D eigenvalue weighted by atomic mass is 10.2. The van der Waals surface area contributed by atoms with Gasteiger partial charge in [0.25, 0.3) is 11.8 Å². The number of pyridine rings is 1. The third-order valence-electron chi connectivity index (χ3n) is 3.97. The number of carbonyl (C=O) groups is 3. The normalized spacial score (nSPS) is 10.1. The summed E-state index contributed by atoms with van der Waals surface area (Å²) in [5, 5.41) is 7.90. The van der Waals surface area contributed by atoms with Crippen molar-refractivity contribution < 1.29 is 14.4 Å². The minimum absolute atomic E-state index is 0.191. The number of aromatic nitrogens is 1. The summed E-state index contributed by atoms with van der Waals surface area (Å²) in [6, 6.07) is 16.6. The molecule has 1 aromatic heterocycles. The molecule has 8 heteroatoms. The third-order valence-corrected chi connectivity index (χ3v) is 3.97. The van der Waals surface area contributed by atoms with Crippen LogP contribution in [0.4, 0.5) is 17.1 Å². The first-order valence-corrected chi connectivity index (χ1v) is 8.77. The van der Waals surface area contributed by atoms with E-state index in [0.29, 0.717) is 28.2 Å². The fourth-order valence-corrected chi connectivity index (χ4v) is 2.48. The monoisotopic (exact) mass is 389 g/mol. The number of nitrogen functional groups attached to an aromatic ring is 1. The first kappa shape index (κ1) is 19.6. The van der Waals surface area contributed by atoms with Gasteiger partial charge in [-0.1, -0.05) is 12.1 Å². The molecule has 3 rings (SSSR count). The average Bonchev–Trinajstić information content (AvgIpc) is 2.75. The van der Waals surface area contributed by atoms with Crippen LogP contribution in [0.2, 0.25) is 0 Å². The van der Waals surface area contributed by atoms with E-state index < -0.39 is 5.91 Å². The second-order valence-electron chi connectivity index (χ2n) is 6.09. The van der Waals surface area contributed by atoms with E-state index in [1.54, 1.807) is 66.9 Å². The van der Waals surface area contributed by atoms with Crippen LogP contribution in [0.5, 0.6) is 0 Å². The van der Waals surface area contributed by atoms with Crippen molar-refractivity contribution in [2.75, 3.05) is 22.9 Å². The molecule has 3 amide bonds. The maximum atomic E-state index is 12.3. The van der Waals surface area contributed by atoms with Crippen molar-refractivity contribution in [2.24, 2.45) is 0 Å². The summed E-state index contributed by atoms with van der Waals surface area (Å²) < 4.78 is 0. The molecule has 0 aliphatic rings. The van der Waals surface area contributed by atoms with Crippen LogP contribution in [-0.2, 0) is 4.79 Å². The number of para-hydroxylation sites is 2. The van der Waals surface area contributed by atoms with Crippen LogP contribution in [0.1, 0.15) is 20.7 Å². The summed E-state index contributed by atoms with van der Waals surface area (Å²) in [4.78, 5) is 40.1. The summed E-state index contributed by atoms with van der Waals surface area (Å²) in [5.74, 6) is -1.10. The molecule has 0 saturated carbocycles. The highest BCUT2D eigenvalue weighted by molar-refractivity contribution is 6.06. The Balaban J connectivity index is 1.52. The molecule has 0 aliphatic carbocycles. The molecule has 5 N–H and O–H groups in total. The van der Waals surface area contributed by atoms with Crippen LogP contribution >= 0.6 is 0 Å². The fourth-order valence-electron chi connectivity index (χ4n) is 2.48. The van der Waals surface area contributed by atoms with E-state index in [2.05, 4.69) is 20.9 Å². The van der Waals surface area contributed by atoms with Crippen LogP contribution in [0, 0.1) is 0 Å². The molecule has 0 unspecified atom stereocenters. The molecule has 146 valence electrons. The minimum atomic E-state index is -0.392. The van der Waals surface area contributed by atoms with E-state index in [1.165, 1.54) is 6.20 Å². The Morgan fingerprint density at radius 2 is 1.59 bits per heavy atom. The van der Waals surface area contributed by atoms with Crippen molar-refractivity contribution in [3.05, 3.63) is 84.2 Å². The summed E-state index contributed by atoms with van der Waals surface area (Å²) in [6.45, 7) is -0.191. The van der Waals surface area contributed by atoms with Crippen molar-refractivity contribution in [2.45, 2.75) is 0 Å². The topological polar surface area (TPSA) is 126 Å². The lowest BCUT2D eigenvalue weighted by Gasteiger charge is -2.09.